The lowest BCUT2D eigenvalue weighted by molar-refractivity contribution is -0.136. The van der Waals surface area contributed by atoms with Gasteiger partial charge in [-0.25, -0.2) is 0 Å². The van der Waals surface area contributed by atoms with Crippen LogP contribution in [-0.2, 0) is 24.1 Å². The maximum absolute atomic E-state index is 10.7. The first-order valence-electron chi connectivity index (χ1n) is 7.61. The van der Waals surface area contributed by atoms with Gasteiger partial charge in [-0.15, -0.1) is 11.6 Å². The van der Waals surface area contributed by atoms with Crippen LogP contribution in [0.1, 0.15) is 23.7 Å². The molecule has 2 rings (SSSR count). The highest BCUT2D eigenvalue weighted by molar-refractivity contribution is 6.29. The van der Waals surface area contributed by atoms with Crippen LogP contribution in [0.3, 0.4) is 0 Å². The highest BCUT2D eigenvalue weighted by Crippen LogP contribution is 2.15. The van der Waals surface area contributed by atoms with Crippen LogP contribution < -0.4 is 4.74 Å². The molecule has 1 aromatic carbocycles. The molecule has 1 aromatic heterocycles. The molecule has 1 heterocycles. The summed E-state index contributed by atoms with van der Waals surface area (Å²) < 4.78 is 5.68. The standard InChI is InChI=1S/C18H20ClNO3/c1-2-13-3-6-15(20-12-13)9-10-23-16-7-4-14(5-8-16)11-17(19)18(21)22/h3-8,12,17H,2,9-11H2,1H3,(H,21,22). The van der Waals surface area contributed by atoms with Gasteiger partial charge in [0, 0.05) is 18.3 Å². The zero-order valence-electron chi connectivity index (χ0n) is 13.0. The second-order valence-electron chi connectivity index (χ2n) is 5.26. The van der Waals surface area contributed by atoms with Crippen molar-refractivity contribution in [3.8, 4) is 5.75 Å². The van der Waals surface area contributed by atoms with E-state index < -0.39 is 11.3 Å². The minimum absolute atomic E-state index is 0.296. The van der Waals surface area contributed by atoms with Gasteiger partial charge in [0.05, 0.1) is 6.61 Å². The Labute approximate surface area is 141 Å². The number of aliphatic carboxylic acids is 1. The quantitative estimate of drug-likeness (QED) is 0.751. The average Bonchev–Trinajstić information content (AvgIpc) is 2.57. The van der Waals surface area contributed by atoms with E-state index in [1.807, 2.05) is 36.5 Å². The second-order valence-corrected chi connectivity index (χ2v) is 5.79. The SMILES string of the molecule is CCc1ccc(CCOc2ccc(CC(Cl)C(=O)O)cc2)nc1. The number of aryl methyl sites for hydroxylation is 1. The molecule has 0 aliphatic rings. The normalized spacial score (nSPS) is 11.9. The van der Waals surface area contributed by atoms with Crippen molar-refractivity contribution in [1.82, 2.24) is 4.98 Å². The molecule has 0 bridgehead atoms. The number of pyridine rings is 1. The third kappa shape index (κ3) is 5.57. The number of hydrogen-bond donors (Lipinski definition) is 1. The highest BCUT2D eigenvalue weighted by atomic mass is 35.5. The molecule has 0 radical (unpaired) electrons. The molecule has 0 spiro atoms. The molecule has 23 heavy (non-hydrogen) atoms. The number of aromatic nitrogens is 1. The van der Waals surface area contributed by atoms with E-state index in [0.29, 0.717) is 13.0 Å². The Hall–Kier alpha value is -2.07. The number of halogens is 1. The third-order valence-electron chi connectivity index (χ3n) is 3.53. The van der Waals surface area contributed by atoms with Crippen molar-refractivity contribution in [2.75, 3.05) is 6.61 Å². The summed E-state index contributed by atoms with van der Waals surface area (Å²) in [6, 6.07) is 11.4. The first-order chi connectivity index (χ1) is 11.1. The van der Waals surface area contributed by atoms with Crippen LogP contribution in [0.5, 0.6) is 5.75 Å². The first-order valence-corrected chi connectivity index (χ1v) is 8.04. The maximum Gasteiger partial charge on any atom is 0.321 e. The number of carboxylic acids is 1. The van der Waals surface area contributed by atoms with Gasteiger partial charge in [-0.1, -0.05) is 25.1 Å². The van der Waals surface area contributed by atoms with Gasteiger partial charge in [-0.2, -0.15) is 0 Å². The summed E-state index contributed by atoms with van der Waals surface area (Å²) in [4.78, 5) is 15.1. The summed E-state index contributed by atoms with van der Waals surface area (Å²) in [6.07, 6.45) is 3.93. The van der Waals surface area contributed by atoms with Crippen molar-refractivity contribution in [2.24, 2.45) is 0 Å². The Morgan fingerprint density at radius 2 is 1.91 bits per heavy atom. The van der Waals surface area contributed by atoms with Gasteiger partial charge in [0.1, 0.15) is 11.1 Å². The number of rotatable bonds is 8. The number of alkyl halides is 1. The summed E-state index contributed by atoms with van der Waals surface area (Å²) in [6.45, 7) is 2.65. The van der Waals surface area contributed by atoms with Crippen molar-refractivity contribution in [1.29, 1.82) is 0 Å². The number of hydrogen-bond acceptors (Lipinski definition) is 3. The number of benzene rings is 1. The van der Waals surface area contributed by atoms with Gasteiger partial charge in [0.25, 0.3) is 0 Å². The zero-order chi connectivity index (χ0) is 16.7. The summed E-state index contributed by atoms with van der Waals surface area (Å²) >= 11 is 5.73. The largest absolute Gasteiger partial charge is 0.493 e. The van der Waals surface area contributed by atoms with E-state index in [1.165, 1.54) is 5.56 Å². The van der Waals surface area contributed by atoms with Crippen molar-refractivity contribution in [3.63, 3.8) is 0 Å². The molecule has 1 unspecified atom stereocenters. The molecule has 2 aromatic rings. The molecule has 1 N–H and O–H groups in total. The maximum atomic E-state index is 10.7. The van der Waals surface area contributed by atoms with Gasteiger partial charge in [-0.05, 0) is 42.2 Å². The molecule has 122 valence electrons. The Bertz CT molecular complexity index is 626. The Morgan fingerprint density at radius 3 is 2.48 bits per heavy atom. The van der Waals surface area contributed by atoms with Gasteiger partial charge < -0.3 is 9.84 Å². The van der Waals surface area contributed by atoms with Gasteiger partial charge in [0.2, 0.25) is 0 Å². The van der Waals surface area contributed by atoms with Gasteiger partial charge in [-0.3, -0.25) is 9.78 Å². The fraction of sp³-hybridized carbons (Fsp3) is 0.333. The fourth-order valence-electron chi connectivity index (χ4n) is 2.10. The fourth-order valence-corrected chi connectivity index (χ4v) is 2.28. The second kappa shape index (κ2) is 8.53. The Morgan fingerprint density at radius 1 is 1.22 bits per heavy atom. The summed E-state index contributed by atoms with van der Waals surface area (Å²) in [5, 5.41) is 7.89. The minimum Gasteiger partial charge on any atom is -0.493 e. The van der Waals surface area contributed by atoms with E-state index in [2.05, 4.69) is 18.0 Å². The van der Waals surface area contributed by atoms with Crippen LogP contribution >= 0.6 is 11.6 Å². The van der Waals surface area contributed by atoms with Crippen molar-refractivity contribution in [2.45, 2.75) is 31.6 Å². The predicted molar refractivity (Wildman–Crippen MR) is 90.2 cm³/mol. The van der Waals surface area contributed by atoms with E-state index in [9.17, 15) is 4.79 Å². The third-order valence-corrected chi connectivity index (χ3v) is 3.87. The molecule has 0 aliphatic heterocycles. The zero-order valence-corrected chi connectivity index (χ0v) is 13.8. The molecular formula is C18H20ClNO3. The monoisotopic (exact) mass is 333 g/mol. The molecule has 0 saturated carbocycles. The lowest BCUT2D eigenvalue weighted by Crippen LogP contribution is -2.15. The number of nitrogens with zero attached hydrogens (tertiary/aromatic N) is 1. The van der Waals surface area contributed by atoms with E-state index in [1.54, 1.807) is 0 Å². The molecule has 0 saturated heterocycles. The van der Waals surface area contributed by atoms with E-state index in [0.717, 1.165) is 29.8 Å². The highest BCUT2D eigenvalue weighted by Gasteiger charge is 2.13. The smallest absolute Gasteiger partial charge is 0.321 e. The molecule has 1 atom stereocenters. The number of carbonyl (C=O) groups is 1. The van der Waals surface area contributed by atoms with Gasteiger partial charge in [0.15, 0.2) is 0 Å². The van der Waals surface area contributed by atoms with Gasteiger partial charge >= 0.3 is 5.97 Å². The van der Waals surface area contributed by atoms with Crippen molar-refractivity contribution < 1.29 is 14.6 Å². The average molecular weight is 334 g/mol. The van der Waals surface area contributed by atoms with E-state index >= 15 is 0 Å². The molecule has 5 heteroatoms. The molecular weight excluding hydrogens is 314 g/mol. The lowest BCUT2D eigenvalue weighted by Gasteiger charge is -2.08. The number of carboxylic acid groups (broad SMARTS) is 1. The summed E-state index contributed by atoms with van der Waals surface area (Å²) in [5.41, 5.74) is 3.10. The first kappa shape index (κ1) is 17.3. The van der Waals surface area contributed by atoms with Crippen LogP contribution in [0.4, 0.5) is 0 Å². The van der Waals surface area contributed by atoms with Crippen molar-refractivity contribution in [3.05, 3.63) is 59.4 Å². The predicted octanol–water partition coefficient (Wildman–Crippen LogP) is 3.50. The van der Waals surface area contributed by atoms with Crippen LogP contribution in [0.2, 0.25) is 0 Å². The van der Waals surface area contributed by atoms with E-state index in [-0.39, 0.29) is 0 Å². The molecule has 0 fully saturated rings. The lowest BCUT2D eigenvalue weighted by atomic mass is 10.1. The topological polar surface area (TPSA) is 59.4 Å². The van der Waals surface area contributed by atoms with Crippen LogP contribution in [-0.4, -0.2) is 28.0 Å². The summed E-state index contributed by atoms with van der Waals surface area (Å²) in [5.74, 6) is -0.256. The summed E-state index contributed by atoms with van der Waals surface area (Å²) in [7, 11) is 0. The molecule has 0 amide bonds. The van der Waals surface area contributed by atoms with E-state index in [4.69, 9.17) is 21.4 Å². The Balaban J connectivity index is 1.80. The Kier molecular flexibility index (Phi) is 6.41. The molecule has 0 aliphatic carbocycles. The minimum atomic E-state index is -1.01. The van der Waals surface area contributed by atoms with Crippen molar-refractivity contribution >= 4 is 17.6 Å². The van der Waals surface area contributed by atoms with Crippen LogP contribution in [0, 0.1) is 0 Å². The number of ether oxygens (including phenoxy) is 1. The van der Waals surface area contributed by atoms with Crippen LogP contribution in [0.25, 0.3) is 0 Å². The molecule has 4 nitrogen and oxygen atoms in total. The van der Waals surface area contributed by atoms with Crippen LogP contribution in [0.15, 0.2) is 42.6 Å².